The van der Waals surface area contributed by atoms with Gasteiger partial charge in [-0.05, 0) is 25.5 Å². The van der Waals surface area contributed by atoms with Crippen LogP contribution < -0.4 is 10.6 Å². The first kappa shape index (κ1) is 12.2. The van der Waals surface area contributed by atoms with E-state index in [2.05, 4.69) is 15.6 Å². The monoisotopic (exact) mass is 255 g/mol. The molecule has 1 fully saturated rings. The average Bonchev–Trinajstić information content (AvgIpc) is 2.53. The van der Waals surface area contributed by atoms with Crippen LogP contribution in [0.3, 0.4) is 0 Å². The molecule has 1 unspecified atom stereocenters. The molecule has 1 aliphatic heterocycles. The van der Waals surface area contributed by atoms with E-state index < -0.39 is 15.4 Å². The molecule has 17 heavy (non-hydrogen) atoms. The van der Waals surface area contributed by atoms with Crippen molar-refractivity contribution < 1.29 is 8.42 Å². The average molecular weight is 255 g/mol. The van der Waals surface area contributed by atoms with E-state index >= 15 is 0 Å². The molecular formula is C11H17N3O2S. The second-order valence-corrected chi connectivity index (χ2v) is 6.87. The van der Waals surface area contributed by atoms with E-state index in [1.807, 2.05) is 25.1 Å². The van der Waals surface area contributed by atoms with Crippen LogP contribution in [-0.2, 0) is 9.84 Å². The van der Waals surface area contributed by atoms with Gasteiger partial charge in [0.2, 0.25) is 0 Å². The Morgan fingerprint density at radius 1 is 1.35 bits per heavy atom. The van der Waals surface area contributed by atoms with Crippen molar-refractivity contribution in [3.05, 3.63) is 18.2 Å². The molecule has 2 heterocycles. The molecule has 2 N–H and O–H groups in total. The lowest BCUT2D eigenvalue weighted by Gasteiger charge is -2.24. The minimum absolute atomic E-state index is 0.172. The van der Waals surface area contributed by atoms with Crippen LogP contribution in [0.25, 0.3) is 0 Å². The lowest BCUT2D eigenvalue weighted by molar-refractivity contribution is 0.572. The molecule has 0 radical (unpaired) electrons. The van der Waals surface area contributed by atoms with Crippen molar-refractivity contribution in [3.8, 4) is 0 Å². The Kier molecular flexibility index (Phi) is 2.99. The summed E-state index contributed by atoms with van der Waals surface area (Å²) in [6, 6.07) is 5.59. The van der Waals surface area contributed by atoms with Gasteiger partial charge in [0, 0.05) is 7.05 Å². The van der Waals surface area contributed by atoms with Gasteiger partial charge in [-0.3, -0.25) is 0 Å². The Morgan fingerprint density at radius 3 is 2.65 bits per heavy atom. The molecule has 0 amide bonds. The first-order chi connectivity index (χ1) is 7.92. The van der Waals surface area contributed by atoms with Crippen LogP contribution >= 0.6 is 0 Å². The van der Waals surface area contributed by atoms with Crippen molar-refractivity contribution in [2.24, 2.45) is 0 Å². The lowest BCUT2D eigenvalue weighted by atomic mass is 10.0. The molecular weight excluding hydrogens is 238 g/mol. The highest BCUT2D eigenvalue weighted by atomic mass is 32.2. The van der Waals surface area contributed by atoms with E-state index in [9.17, 15) is 8.42 Å². The van der Waals surface area contributed by atoms with Crippen LogP contribution in [0.5, 0.6) is 0 Å². The van der Waals surface area contributed by atoms with Crippen LogP contribution in [0.2, 0.25) is 0 Å². The molecule has 0 saturated carbocycles. The topological polar surface area (TPSA) is 71.1 Å². The fourth-order valence-electron chi connectivity index (χ4n) is 2.06. The predicted octanol–water partition coefficient (Wildman–Crippen LogP) is 1.11. The fourth-order valence-corrected chi connectivity index (χ4v) is 4.15. The molecule has 1 aliphatic rings. The number of hydrogen-bond donors (Lipinski definition) is 2. The molecule has 0 spiro atoms. The van der Waals surface area contributed by atoms with Gasteiger partial charge >= 0.3 is 0 Å². The van der Waals surface area contributed by atoms with Gasteiger partial charge in [-0.2, -0.15) is 0 Å². The third-order valence-electron chi connectivity index (χ3n) is 2.94. The fraction of sp³-hybridized carbons (Fsp3) is 0.545. The quantitative estimate of drug-likeness (QED) is 0.846. The molecule has 1 saturated heterocycles. The van der Waals surface area contributed by atoms with Crippen LogP contribution in [0.15, 0.2) is 18.2 Å². The number of nitrogens with one attached hydrogen (secondary N) is 2. The largest absolute Gasteiger partial charge is 0.373 e. The van der Waals surface area contributed by atoms with Gasteiger partial charge in [0.25, 0.3) is 0 Å². The number of anilines is 2. The van der Waals surface area contributed by atoms with Gasteiger partial charge in [0.05, 0.1) is 17.0 Å². The summed E-state index contributed by atoms with van der Waals surface area (Å²) in [7, 11) is -1.10. The molecule has 0 aliphatic carbocycles. The zero-order valence-corrected chi connectivity index (χ0v) is 10.8. The number of sulfone groups is 1. The maximum atomic E-state index is 11.5. The minimum Gasteiger partial charge on any atom is -0.373 e. The molecule has 2 rings (SSSR count). The minimum atomic E-state index is -2.90. The third-order valence-corrected chi connectivity index (χ3v) is 4.84. The molecule has 5 nitrogen and oxygen atoms in total. The summed E-state index contributed by atoms with van der Waals surface area (Å²) in [5.41, 5.74) is -0.405. The lowest BCUT2D eigenvalue weighted by Crippen LogP contribution is -2.36. The smallest absolute Gasteiger partial charge is 0.152 e. The third kappa shape index (κ3) is 2.88. The Hall–Kier alpha value is -1.30. The van der Waals surface area contributed by atoms with Gasteiger partial charge < -0.3 is 10.6 Å². The van der Waals surface area contributed by atoms with E-state index in [0.717, 1.165) is 5.82 Å². The van der Waals surface area contributed by atoms with Gasteiger partial charge in [-0.1, -0.05) is 6.07 Å². The normalized spacial score (nSPS) is 26.7. The van der Waals surface area contributed by atoms with E-state index in [1.165, 1.54) is 0 Å². The number of aromatic nitrogens is 1. The van der Waals surface area contributed by atoms with Gasteiger partial charge in [-0.25, -0.2) is 13.4 Å². The van der Waals surface area contributed by atoms with E-state index in [4.69, 9.17) is 0 Å². The second kappa shape index (κ2) is 4.18. The Morgan fingerprint density at radius 2 is 2.06 bits per heavy atom. The van der Waals surface area contributed by atoms with Crippen molar-refractivity contribution in [2.45, 2.75) is 18.9 Å². The zero-order chi connectivity index (χ0) is 12.5. The van der Waals surface area contributed by atoms with Crippen LogP contribution in [-0.4, -0.2) is 37.5 Å². The molecule has 0 bridgehead atoms. The number of hydrogen-bond acceptors (Lipinski definition) is 5. The number of rotatable bonds is 3. The van der Waals surface area contributed by atoms with Crippen molar-refractivity contribution in [1.82, 2.24) is 4.98 Å². The molecule has 1 aromatic heterocycles. The summed E-state index contributed by atoms with van der Waals surface area (Å²) in [5.74, 6) is 1.89. The molecule has 1 atom stereocenters. The molecule has 1 aromatic rings. The van der Waals surface area contributed by atoms with Crippen LogP contribution in [0.4, 0.5) is 11.6 Å². The van der Waals surface area contributed by atoms with Gasteiger partial charge in [-0.15, -0.1) is 0 Å². The molecule has 94 valence electrons. The summed E-state index contributed by atoms with van der Waals surface area (Å²) in [6.45, 7) is 1.92. The number of pyridine rings is 1. The zero-order valence-electron chi connectivity index (χ0n) is 10.0. The summed E-state index contributed by atoms with van der Waals surface area (Å²) in [6.07, 6.45) is 0.626. The Labute approximate surface area is 102 Å². The van der Waals surface area contributed by atoms with Crippen LogP contribution in [0.1, 0.15) is 13.3 Å². The predicted molar refractivity (Wildman–Crippen MR) is 69.1 cm³/mol. The summed E-state index contributed by atoms with van der Waals surface area (Å²) in [4.78, 5) is 4.33. The molecule has 6 heteroatoms. The van der Waals surface area contributed by atoms with Crippen molar-refractivity contribution in [2.75, 3.05) is 29.2 Å². The van der Waals surface area contributed by atoms with Gasteiger partial charge in [0.1, 0.15) is 11.6 Å². The summed E-state index contributed by atoms with van der Waals surface area (Å²) >= 11 is 0. The van der Waals surface area contributed by atoms with E-state index in [0.29, 0.717) is 12.2 Å². The van der Waals surface area contributed by atoms with E-state index in [-0.39, 0.29) is 11.5 Å². The standard InChI is InChI=1S/C11H17N3O2S/c1-11(6-7-17(15,16)8-11)14-10-5-3-4-9(12-2)13-10/h3-5H,6-8H2,1-2H3,(H2,12,13,14). The van der Waals surface area contributed by atoms with Gasteiger partial charge in [0.15, 0.2) is 9.84 Å². The Balaban J connectivity index is 2.15. The molecule has 0 aromatic carbocycles. The van der Waals surface area contributed by atoms with Crippen molar-refractivity contribution in [3.63, 3.8) is 0 Å². The van der Waals surface area contributed by atoms with Crippen molar-refractivity contribution in [1.29, 1.82) is 0 Å². The number of nitrogens with zero attached hydrogens (tertiary/aromatic N) is 1. The second-order valence-electron chi connectivity index (χ2n) is 4.69. The first-order valence-corrected chi connectivity index (χ1v) is 7.38. The summed E-state index contributed by atoms with van der Waals surface area (Å²) in [5, 5.41) is 6.17. The first-order valence-electron chi connectivity index (χ1n) is 5.56. The maximum absolute atomic E-state index is 11.5. The summed E-state index contributed by atoms with van der Waals surface area (Å²) < 4.78 is 23.0. The maximum Gasteiger partial charge on any atom is 0.152 e. The van der Waals surface area contributed by atoms with Crippen LogP contribution in [0, 0.1) is 0 Å². The van der Waals surface area contributed by atoms with Crippen molar-refractivity contribution >= 4 is 21.5 Å². The highest BCUT2D eigenvalue weighted by molar-refractivity contribution is 7.91. The highest BCUT2D eigenvalue weighted by Crippen LogP contribution is 2.26. The Bertz CT molecular complexity index is 515. The highest BCUT2D eigenvalue weighted by Gasteiger charge is 2.38. The van der Waals surface area contributed by atoms with E-state index in [1.54, 1.807) is 7.05 Å². The SMILES string of the molecule is CNc1cccc(NC2(C)CCS(=O)(=O)C2)n1.